The van der Waals surface area contributed by atoms with Crippen LogP contribution in [-0.4, -0.2) is 56.0 Å². The Labute approximate surface area is 184 Å². The van der Waals surface area contributed by atoms with Gasteiger partial charge in [-0.3, -0.25) is 9.59 Å². The maximum atomic E-state index is 11.9. The van der Waals surface area contributed by atoms with E-state index in [9.17, 15) is 9.59 Å². The number of likely N-dealkylation sites (tertiary alicyclic amines) is 1. The van der Waals surface area contributed by atoms with Crippen LogP contribution in [0.2, 0.25) is 0 Å². The predicted octanol–water partition coefficient (Wildman–Crippen LogP) is 2.40. The molecule has 8 heteroatoms. The molecule has 28 heavy (non-hydrogen) atoms. The molecule has 1 saturated heterocycles. The molecule has 0 aliphatic carbocycles. The van der Waals surface area contributed by atoms with Gasteiger partial charge in [-0.05, 0) is 44.4 Å². The highest BCUT2D eigenvalue weighted by atomic mass is 127. The van der Waals surface area contributed by atoms with Gasteiger partial charge < -0.3 is 20.3 Å². The highest BCUT2D eigenvalue weighted by molar-refractivity contribution is 14.0. The zero-order chi connectivity index (χ0) is 19.6. The molecule has 1 amide bonds. The SMILES string of the molecule is CCNC(=NCc1cccc(C(=O)NC)c1)N1CCC(C(=O)OCC)CC1.I. The van der Waals surface area contributed by atoms with Gasteiger partial charge in [0, 0.05) is 32.2 Å². The van der Waals surface area contributed by atoms with Crippen LogP contribution in [0.5, 0.6) is 0 Å². The summed E-state index contributed by atoms with van der Waals surface area (Å²) in [5.41, 5.74) is 1.61. The number of halogens is 1. The molecule has 0 aromatic heterocycles. The lowest BCUT2D eigenvalue weighted by molar-refractivity contribution is -0.149. The zero-order valence-corrected chi connectivity index (χ0v) is 19.2. The van der Waals surface area contributed by atoms with E-state index in [0.717, 1.165) is 44.0 Å². The van der Waals surface area contributed by atoms with Crippen LogP contribution >= 0.6 is 24.0 Å². The number of nitrogens with zero attached hydrogens (tertiary/aromatic N) is 2. The van der Waals surface area contributed by atoms with E-state index < -0.39 is 0 Å². The number of amides is 1. The summed E-state index contributed by atoms with van der Waals surface area (Å²) in [7, 11) is 1.62. The predicted molar refractivity (Wildman–Crippen MR) is 121 cm³/mol. The Morgan fingerprint density at radius 3 is 2.57 bits per heavy atom. The van der Waals surface area contributed by atoms with E-state index in [-0.39, 0.29) is 41.8 Å². The number of aliphatic imine (C=N–C) groups is 1. The van der Waals surface area contributed by atoms with Crippen LogP contribution in [0, 0.1) is 5.92 Å². The highest BCUT2D eigenvalue weighted by Crippen LogP contribution is 2.19. The molecule has 0 unspecified atom stereocenters. The summed E-state index contributed by atoms with van der Waals surface area (Å²) in [6.07, 6.45) is 1.55. The van der Waals surface area contributed by atoms with E-state index in [1.807, 2.05) is 32.0 Å². The molecule has 2 N–H and O–H groups in total. The summed E-state index contributed by atoms with van der Waals surface area (Å²) in [5.74, 6) is 0.623. The minimum absolute atomic E-state index is 0. The van der Waals surface area contributed by atoms with Gasteiger partial charge in [-0.15, -0.1) is 24.0 Å². The van der Waals surface area contributed by atoms with Crippen molar-refractivity contribution in [1.82, 2.24) is 15.5 Å². The molecule has 1 fully saturated rings. The summed E-state index contributed by atoms with van der Waals surface area (Å²) < 4.78 is 5.13. The van der Waals surface area contributed by atoms with E-state index in [1.165, 1.54) is 0 Å². The summed E-state index contributed by atoms with van der Waals surface area (Å²) in [6, 6.07) is 7.48. The topological polar surface area (TPSA) is 83.0 Å². The van der Waals surface area contributed by atoms with Crippen molar-refractivity contribution in [3.05, 3.63) is 35.4 Å². The number of nitrogens with one attached hydrogen (secondary N) is 2. The monoisotopic (exact) mass is 502 g/mol. The van der Waals surface area contributed by atoms with Crippen LogP contribution in [0.3, 0.4) is 0 Å². The number of hydrogen-bond donors (Lipinski definition) is 2. The molecule has 0 radical (unpaired) electrons. The lowest BCUT2D eigenvalue weighted by Crippen LogP contribution is -2.46. The van der Waals surface area contributed by atoms with Crippen molar-refractivity contribution in [1.29, 1.82) is 0 Å². The zero-order valence-electron chi connectivity index (χ0n) is 16.9. The average Bonchev–Trinajstić information content (AvgIpc) is 2.71. The van der Waals surface area contributed by atoms with Gasteiger partial charge >= 0.3 is 5.97 Å². The first-order chi connectivity index (χ1) is 13.1. The lowest BCUT2D eigenvalue weighted by atomic mass is 9.97. The summed E-state index contributed by atoms with van der Waals surface area (Å²) >= 11 is 0. The Balaban J connectivity index is 0.00000392. The van der Waals surface area contributed by atoms with E-state index in [2.05, 4.69) is 15.5 Å². The molecule has 1 heterocycles. The molecule has 156 valence electrons. The second kappa shape index (κ2) is 12.6. The lowest BCUT2D eigenvalue weighted by Gasteiger charge is -2.33. The first-order valence-electron chi connectivity index (χ1n) is 9.59. The number of piperidine rings is 1. The van der Waals surface area contributed by atoms with Crippen LogP contribution in [0.4, 0.5) is 0 Å². The molecule has 0 atom stereocenters. The molecule has 0 spiro atoms. The maximum absolute atomic E-state index is 11.9. The number of rotatable bonds is 6. The van der Waals surface area contributed by atoms with Gasteiger partial charge in [0.05, 0.1) is 19.1 Å². The maximum Gasteiger partial charge on any atom is 0.309 e. The second-order valence-electron chi connectivity index (χ2n) is 6.46. The van der Waals surface area contributed by atoms with Gasteiger partial charge in [-0.2, -0.15) is 0 Å². The summed E-state index contributed by atoms with van der Waals surface area (Å²) in [6.45, 7) is 7.11. The Morgan fingerprint density at radius 1 is 1.25 bits per heavy atom. The third-order valence-electron chi connectivity index (χ3n) is 4.58. The van der Waals surface area contributed by atoms with Gasteiger partial charge in [-0.1, -0.05) is 12.1 Å². The molecule has 1 aromatic carbocycles. The largest absolute Gasteiger partial charge is 0.466 e. The molecule has 7 nitrogen and oxygen atoms in total. The molecular formula is C20H31IN4O3. The first kappa shape index (κ1) is 24.2. The van der Waals surface area contributed by atoms with Crippen molar-refractivity contribution >= 4 is 41.8 Å². The van der Waals surface area contributed by atoms with Crippen molar-refractivity contribution in [2.45, 2.75) is 33.2 Å². The Morgan fingerprint density at radius 2 is 1.96 bits per heavy atom. The van der Waals surface area contributed by atoms with Gasteiger partial charge in [0.15, 0.2) is 5.96 Å². The molecule has 0 bridgehead atoms. The molecule has 1 aliphatic rings. The highest BCUT2D eigenvalue weighted by Gasteiger charge is 2.27. The minimum Gasteiger partial charge on any atom is -0.466 e. The van der Waals surface area contributed by atoms with Crippen LogP contribution < -0.4 is 10.6 Å². The first-order valence-corrected chi connectivity index (χ1v) is 9.59. The van der Waals surface area contributed by atoms with Gasteiger partial charge in [0.1, 0.15) is 0 Å². The van der Waals surface area contributed by atoms with Gasteiger partial charge in [0.25, 0.3) is 5.91 Å². The number of guanidine groups is 1. The van der Waals surface area contributed by atoms with Crippen LogP contribution in [0.15, 0.2) is 29.3 Å². The summed E-state index contributed by atoms with van der Waals surface area (Å²) in [4.78, 5) is 30.6. The third kappa shape index (κ3) is 6.96. The molecule has 0 saturated carbocycles. The minimum atomic E-state index is -0.103. The van der Waals surface area contributed by atoms with E-state index in [0.29, 0.717) is 18.7 Å². The van der Waals surface area contributed by atoms with Gasteiger partial charge in [-0.25, -0.2) is 4.99 Å². The third-order valence-corrected chi connectivity index (χ3v) is 4.58. The van der Waals surface area contributed by atoms with E-state index in [1.54, 1.807) is 13.1 Å². The van der Waals surface area contributed by atoms with Crippen molar-refractivity contribution in [3.63, 3.8) is 0 Å². The smallest absolute Gasteiger partial charge is 0.309 e. The fourth-order valence-corrected chi connectivity index (χ4v) is 3.13. The quantitative estimate of drug-likeness (QED) is 0.270. The number of hydrogen-bond acceptors (Lipinski definition) is 4. The van der Waals surface area contributed by atoms with Crippen LogP contribution in [0.25, 0.3) is 0 Å². The van der Waals surface area contributed by atoms with Crippen molar-refractivity contribution < 1.29 is 14.3 Å². The number of esters is 1. The summed E-state index contributed by atoms with van der Waals surface area (Å²) in [5, 5.41) is 5.96. The molecule has 1 aliphatic heterocycles. The van der Waals surface area contributed by atoms with Gasteiger partial charge in [0.2, 0.25) is 0 Å². The Hall–Kier alpha value is -1.84. The average molecular weight is 502 g/mol. The normalized spacial score (nSPS) is 14.8. The van der Waals surface area contributed by atoms with E-state index >= 15 is 0 Å². The number of benzene rings is 1. The van der Waals surface area contributed by atoms with Crippen LogP contribution in [-0.2, 0) is 16.1 Å². The van der Waals surface area contributed by atoms with Crippen molar-refractivity contribution in [3.8, 4) is 0 Å². The van der Waals surface area contributed by atoms with Crippen molar-refractivity contribution in [2.24, 2.45) is 10.9 Å². The Kier molecular flexibility index (Phi) is 10.9. The molecule has 1 aromatic rings. The molecular weight excluding hydrogens is 471 g/mol. The number of ether oxygens (including phenoxy) is 1. The Bertz CT molecular complexity index is 673. The number of carbonyl (C=O) groups is 2. The standard InChI is InChI=1S/C20H30N4O3.HI/c1-4-22-20(24-11-9-16(10-12-24)19(26)27-5-2)23-14-15-7-6-8-17(13-15)18(25)21-3;/h6-8,13,16H,4-5,9-12,14H2,1-3H3,(H,21,25)(H,22,23);1H. The van der Waals surface area contributed by atoms with E-state index in [4.69, 9.17) is 9.73 Å². The second-order valence-corrected chi connectivity index (χ2v) is 6.46. The number of carbonyl (C=O) groups excluding carboxylic acids is 2. The fourth-order valence-electron chi connectivity index (χ4n) is 3.13. The molecule has 2 rings (SSSR count). The van der Waals surface area contributed by atoms with Crippen LogP contribution in [0.1, 0.15) is 42.6 Å². The fraction of sp³-hybridized carbons (Fsp3) is 0.550. The van der Waals surface area contributed by atoms with Crippen molar-refractivity contribution in [2.75, 3.05) is 33.3 Å².